The van der Waals surface area contributed by atoms with Crippen molar-refractivity contribution in [1.29, 1.82) is 0 Å². The molecule has 1 amide bonds. The second kappa shape index (κ2) is 7.77. The highest BCUT2D eigenvalue weighted by molar-refractivity contribution is 7.90. The molecular formula is C18H18N4O5S. The fourth-order valence-corrected chi connectivity index (χ4v) is 3.98. The fraction of sp³-hybridized carbons (Fsp3) is 0.222. The SMILES string of the molecule is Cc1c(C(=O)Nc2cccc(S(=O)(=O)NC3=NCCC3)c2)cccc1[N+](=O)[O-]. The molecule has 0 radical (unpaired) electrons. The van der Waals surface area contributed by atoms with E-state index >= 15 is 0 Å². The van der Waals surface area contributed by atoms with Gasteiger partial charge in [-0.05, 0) is 37.6 Å². The van der Waals surface area contributed by atoms with Crippen molar-refractivity contribution in [1.82, 2.24) is 4.72 Å². The lowest BCUT2D eigenvalue weighted by molar-refractivity contribution is -0.385. The predicted octanol–water partition coefficient (Wildman–Crippen LogP) is 2.63. The van der Waals surface area contributed by atoms with Gasteiger partial charge < -0.3 is 5.32 Å². The normalized spacial score (nSPS) is 13.7. The molecule has 3 rings (SSSR count). The first kappa shape index (κ1) is 19.5. The van der Waals surface area contributed by atoms with Crippen molar-refractivity contribution in [2.24, 2.45) is 4.99 Å². The topological polar surface area (TPSA) is 131 Å². The van der Waals surface area contributed by atoms with Crippen LogP contribution in [0, 0.1) is 17.0 Å². The van der Waals surface area contributed by atoms with Gasteiger partial charge in [0, 0.05) is 35.8 Å². The highest BCUT2D eigenvalue weighted by Crippen LogP contribution is 2.23. The molecule has 0 fully saturated rings. The lowest BCUT2D eigenvalue weighted by atomic mass is 10.1. The number of aliphatic imine (C=N–C) groups is 1. The number of rotatable bonds is 5. The Morgan fingerprint density at radius 3 is 2.64 bits per heavy atom. The number of nitrogens with one attached hydrogen (secondary N) is 2. The van der Waals surface area contributed by atoms with Crippen molar-refractivity contribution >= 4 is 33.1 Å². The molecule has 9 nitrogen and oxygen atoms in total. The molecule has 0 atom stereocenters. The molecule has 0 spiro atoms. The Bertz CT molecular complexity index is 1080. The Balaban J connectivity index is 1.82. The van der Waals surface area contributed by atoms with E-state index in [1.165, 1.54) is 49.4 Å². The summed E-state index contributed by atoms with van der Waals surface area (Å²) >= 11 is 0. The summed E-state index contributed by atoms with van der Waals surface area (Å²) in [5.74, 6) is -0.148. The van der Waals surface area contributed by atoms with Crippen LogP contribution in [0.25, 0.3) is 0 Å². The summed E-state index contributed by atoms with van der Waals surface area (Å²) in [6.45, 7) is 2.08. The summed E-state index contributed by atoms with van der Waals surface area (Å²) in [6, 6.07) is 9.98. The van der Waals surface area contributed by atoms with Gasteiger partial charge in [-0.25, -0.2) is 8.42 Å². The van der Waals surface area contributed by atoms with Crippen LogP contribution in [0.4, 0.5) is 11.4 Å². The molecule has 2 aromatic carbocycles. The molecule has 0 aliphatic carbocycles. The van der Waals surface area contributed by atoms with Crippen LogP contribution < -0.4 is 10.0 Å². The number of anilines is 1. The molecule has 10 heteroatoms. The van der Waals surface area contributed by atoms with Gasteiger partial charge in [0.25, 0.3) is 21.6 Å². The van der Waals surface area contributed by atoms with Gasteiger partial charge in [0.15, 0.2) is 0 Å². The van der Waals surface area contributed by atoms with Crippen LogP contribution in [-0.4, -0.2) is 31.6 Å². The van der Waals surface area contributed by atoms with Gasteiger partial charge in [-0.2, -0.15) is 0 Å². The number of hydrogen-bond acceptors (Lipinski definition) is 6. The largest absolute Gasteiger partial charge is 0.322 e. The van der Waals surface area contributed by atoms with E-state index in [4.69, 9.17) is 0 Å². The monoisotopic (exact) mass is 402 g/mol. The van der Waals surface area contributed by atoms with Gasteiger partial charge in [-0.3, -0.25) is 24.6 Å². The molecule has 2 N–H and O–H groups in total. The minimum Gasteiger partial charge on any atom is -0.322 e. The fourth-order valence-electron chi connectivity index (χ4n) is 2.84. The summed E-state index contributed by atoms with van der Waals surface area (Å²) in [5, 5.41) is 13.6. The second-order valence-corrected chi connectivity index (χ2v) is 7.91. The molecule has 0 bridgehead atoms. The van der Waals surface area contributed by atoms with Gasteiger partial charge in [-0.1, -0.05) is 12.1 Å². The number of hydrogen-bond donors (Lipinski definition) is 2. The number of nitro benzene ring substituents is 1. The van der Waals surface area contributed by atoms with Crippen LogP contribution in [0.3, 0.4) is 0 Å². The van der Waals surface area contributed by atoms with Crippen molar-refractivity contribution in [3.8, 4) is 0 Å². The van der Waals surface area contributed by atoms with E-state index in [-0.39, 0.29) is 27.4 Å². The molecule has 1 aliphatic rings. The Labute approximate surface area is 161 Å². The first-order valence-corrected chi connectivity index (χ1v) is 9.98. The first-order valence-electron chi connectivity index (χ1n) is 8.49. The number of nitro groups is 1. The number of carbonyl (C=O) groups excluding carboxylic acids is 1. The predicted molar refractivity (Wildman–Crippen MR) is 104 cm³/mol. The number of sulfonamides is 1. The average Bonchev–Trinajstić information content (AvgIpc) is 3.14. The zero-order valence-electron chi connectivity index (χ0n) is 15.0. The van der Waals surface area contributed by atoms with E-state index < -0.39 is 20.9 Å². The van der Waals surface area contributed by atoms with Crippen LogP contribution in [-0.2, 0) is 10.0 Å². The van der Waals surface area contributed by atoms with E-state index in [0.29, 0.717) is 18.8 Å². The zero-order valence-corrected chi connectivity index (χ0v) is 15.8. The van der Waals surface area contributed by atoms with Gasteiger partial charge >= 0.3 is 0 Å². The molecule has 0 saturated heterocycles. The standard InChI is InChI=1S/C18H18N4O5S/c1-12-15(7-3-8-16(12)22(24)25)18(23)20-13-5-2-6-14(11-13)28(26,27)21-17-9-4-10-19-17/h2-3,5-8,11H,4,9-10H2,1H3,(H,19,21)(H,20,23). The maximum atomic E-state index is 12.5. The van der Waals surface area contributed by atoms with E-state index in [1.54, 1.807) is 0 Å². The number of nitrogens with zero attached hydrogens (tertiary/aromatic N) is 2. The summed E-state index contributed by atoms with van der Waals surface area (Å²) in [7, 11) is -3.81. The van der Waals surface area contributed by atoms with Gasteiger partial charge in [0.05, 0.1) is 9.82 Å². The first-order chi connectivity index (χ1) is 13.3. The lowest BCUT2D eigenvalue weighted by Crippen LogP contribution is -2.29. The van der Waals surface area contributed by atoms with Gasteiger partial charge in [0.1, 0.15) is 5.84 Å². The Kier molecular flexibility index (Phi) is 5.41. The third-order valence-corrected chi connectivity index (χ3v) is 5.65. The minimum absolute atomic E-state index is 0.0179. The van der Waals surface area contributed by atoms with E-state index in [1.807, 2.05) is 0 Å². The Hall–Kier alpha value is -3.27. The van der Waals surface area contributed by atoms with Crippen molar-refractivity contribution in [2.75, 3.05) is 11.9 Å². The summed E-state index contributed by atoms with van der Waals surface area (Å²) < 4.78 is 27.4. The van der Waals surface area contributed by atoms with Crippen LogP contribution in [0.1, 0.15) is 28.8 Å². The molecule has 0 saturated carbocycles. The summed E-state index contributed by atoms with van der Waals surface area (Å²) in [5.41, 5.74) is 0.466. The summed E-state index contributed by atoms with van der Waals surface area (Å²) in [6.07, 6.45) is 1.37. The van der Waals surface area contributed by atoms with Crippen molar-refractivity contribution < 1.29 is 18.1 Å². The molecule has 0 unspecified atom stereocenters. The highest BCUT2D eigenvalue weighted by Gasteiger charge is 2.20. The maximum absolute atomic E-state index is 12.5. The molecule has 0 aromatic heterocycles. The van der Waals surface area contributed by atoms with Crippen LogP contribution in [0.15, 0.2) is 52.4 Å². The lowest BCUT2D eigenvalue weighted by Gasteiger charge is -2.11. The van der Waals surface area contributed by atoms with E-state index in [0.717, 1.165) is 6.42 Å². The molecular weight excluding hydrogens is 384 g/mol. The Morgan fingerprint density at radius 1 is 1.21 bits per heavy atom. The molecule has 1 aliphatic heterocycles. The maximum Gasteiger partial charge on any atom is 0.273 e. The van der Waals surface area contributed by atoms with Crippen molar-refractivity contribution in [3.05, 3.63) is 63.7 Å². The minimum atomic E-state index is -3.81. The van der Waals surface area contributed by atoms with Crippen molar-refractivity contribution in [3.63, 3.8) is 0 Å². The smallest absolute Gasteiger partial charge is 0.273 e. The third-order valence-electron chi connectivity index (χ3n) is 4.28. The molecule has 1 heterocycles. The van der Waals surface area contributed by atoms with Crippen molar-refractivity contribution in [2.45, 2.75) is 24.7 Å². The molecule has 146 valence electrons. The highest BCUT2D eigenvalue weighted by atomic mass is 32.2. The number of carbonyl (C=O) groups is 1. The van der Waals surface area contributed by atoms with Gasteiger partial charge in [0.2, 0.25) is 0 Å². The second-order valence-electron chi connectivity index (χ2n) is 6.23. The number of amidine groups is 1. The quantitative estimate of drug-likeness (QED) is 0.586. The number of benzene rings is 2. The average molecular weight is 402 g/mol. The number of amides is 1. The van der Waals surface area contributed by atoms with Crippen LogP contribution in [0.5, 0.6) is 0 Å². The Morgan fingerprint density at radius 2 is 1.96 bits per heavy atom. The summed E-state index contributed by atoms with van der Waals surface area (Å²) in [4.78, 5) is 27.1. The molecule has 28 heavy (non-hydrogen) atoms. The van der Waals surface area contributed by atoms with Gasteiger partial charge in [-0.15, -0.1) is 0 Å². The zero-order chi connectivity index (χ0) is 20.3. The van der Waals surface area contributed by atoms with Crippen LogP contribution >= 0.6 is 0 Å². The third kappa shape index (κ3) is 4.17. The van der Waals surface area contributed by atoms with E-state index in [2.05, 4.69) is 15.0 Å². The molecule has 2 aromatic rings. The van der Waals surface area contributed by atoms with E-state index in [9.17, 15) is 23.3 Å². The van der Waals surface area contributed by atoms with Crippen LogP contribution in [0.2, 0.25) is 0 Å².